The van der Waals surface area contributed by atoms with Crippen molar-refractivity contribution in [3.63, 3.8) is 0 Å². The van der Waals surface area contributed by atoms with Crippen LogP contribution in [-0.2, 0) is 0 Å². The Morgan fingerprint density at radius 2 is 1.94 bits per heavy atom. The van der Waals surface area contributed by atoms with Crippen molar-refractivity contribution < 1.29 is 4.74 Å². The first kappa shape index (κ1) is 13.4. The SMILES string of the molecule is CC(CBr)(CCOc1ccc(Br)cc1)C1CC1. The van der Waals surface area contributed by atoms with E-state index >= 15 is 0 Å². The summed E-state index contributed by atoms with van der Waals surface area (Å²) in [6, 6.07) is 8.04. The zero-order chi connectivity index (χ0) is 12.3. The largest absolute Gasteiger partial charge is 0.494 e. The highest BCUT2D eigenvalue weighted by Gasteiger charge is 2.40. The minimum atomic E-state index is 0.412. The van der Waals surface area contributed by atoms with Gasteiger partial charge in [0.05, 0.1) is 6.61 Å². The van der Waals surface area contributed by atoms with Gasteiger partial charge in [0.25, 0.3) is 0 Å². The molecular formula is C14H18Br2O. The second kappa shape index (κ2) is 5.75. The van der Waals surface area contributed by atoms with Crippen molar-refractivity contribution in [3.05, 3.63) is 28.7 Å². The fourth-order valence-electron chi connectivity index (χ4n) is 2.09. The Balaban J connectivity index is 1.80. The maximum atomic E-state index is 5.79. The van der Waals surface area contributed by atoms with E-state index in [1.165, 1.54) is 12.8 Å². The van der Waals surface area contributed by atoms with Crippen molar-refractivity contribution >= 4 is 31.9 Å². The quantitative estimate of drug-likeness (QED) is 0.645. The Bertz CT molecular complexity index is 359. The van der Waals surface area contributed by atoms with Crippen molar-refractivity contribution in [1.82, 2.24) is 0 Å². The number of hydrogen-bond donors (Lipinski definition) is 0. The van der Waals surface area contributed by atoms with Gasteiger partial charge in [-0.2, -0.15) is 0 Å². The molecule has 2 rings (SSSR count). The van der Waals surface area contributed by atoms with E-state index in [4.69, 9.17) is 4.74 Å². The summed E-state index contributed by atoms with van der Waals surface area (Å²) in [7, 11) is 0. The van der Waals surface area contributed by atoms with Crippen LogP contribution in [0, 0.1) is 11.3 Å². The van der Waals surface area contributed by atoms with Crippen LogP contribution in [0.25, 0.3) is 0 Å². The van der Waals surface area contributed by atoms with Crippen LogP contribution in [0.15, 0.2) is 28.7 Å². The molecule has 1 atom stereocenters. The predicted molar refractivity (Wildman–Crippen MR) is 78.9 cm³/mol. The average molecular weight is 362 g/mol. The van der Waals surface area contributed by atoms with Gasteiger partial charge >= 0.3 is 0 Å². The van der Waals surface area contributed by atoms with Crippen LogP contribution in [0.5, 0.6) is 5.75 Å². The third-order valence-electron chi connectivity index (χ3n) is 3.62. The molecule has 1 nitrogen and oxygen atoms in total. The minimum Gasteiger partial charge on any atom is -0.494 e. The molecule has 0 heterocycles. The second-order valence-corrected chi connectivity index (χ2v) is 6.59. The Morgan fingerprint density at radius 1 is 1.29 bits per heavy atom. The van der Waals surface area contributed by atoms with Crippen LogP contribution in [0.2, 0.25) is 0 Å². The average Bonchev–Trinajstić information content (AvgIpc) is 3.16. The van der Waals surface area contributed by atoms with E-state index in [0.717, 1.165) is 34.5 Å². The molecule has 3 heteroatoms. The molecule has 0 amide bonds. The lowest BCUT2D eigenvalue weighted by molar-refractivity contribution is 0.210. The molecule has 0 N–H and O–H groups in total. The van der Waals surface area contributed by atoms with E-state index in [2.05, 4.69) is 38.8 Å². The fraction of sp³-hybridized carbons (Fsp3) is 0.571. The fourth-order valence-corrected chi connectivity index (χ4v) is 3.10. The molecule has 0 radical (unpaired) electrons. The number of benzene rings is 1. The Kier molecular flexibility index (Phi) is 4.53. The zero-order valence-electron chi connectivity index (χ0n) is 10.1. The van der Waals surface area contributed by atoms with Crippen LogP contribution < -0.4 is 4.74 Å². The summed E-state index contributed by atoms with van der Waals surface area (Å²) in [6.07, 6.45) is 3.90. The lowest BCUT2D eigenvalue weighted by atomic mass is 9.84. The van der Waals surface area contributed by atoms with Crippen molar-refractivity contribution in [3.8, 4) is 5.75 Å². The lowest BCUT2D eigenvalue weighted by Gasteiger charge is -2.27. The van der Waals surface area contributed by atoms with Gasteiger partial charge in [-0.05, 0) is 54.9 Å². The molecule has 1 fully saturated rings. The maximum absolute atomic E-state index is 5.79. The maximum Gasteiger partial charge on any atom is 0.119 e. The molecule has 1 aliphatic carbocycles. The van der Waals surface area contributed by atoms with Gasteiger partial charge < -0.3 is 4.74 Å². The second-order valence-electron chi connectivity index (χ2n) is 5.11. The first-order valence-corrected chi connectivity index (χ1v) is 8.00. The van der Waals surface area contributed by atoms with Crippen molar-refractivity contribution in [2.45, 2.75) is 26.2 Å². The summed E-state index contributed by atoms with van der Waals surface area (Å²) >= 11 is 7.07. The smallest absolute Gasteiger partial charge is 0.119 e. The van der Waals surface area contributed by atoms with E-state index in [-0.39, 0.29) is 0 Å². The Labute approximate surface area is 120 Å². The summed E-state index contributed by atoms with van der Waals surface area (Å²) in [6.45, 7) is 3.17. The molecule has 0 saturated heterocycles. The van der Waals surface area contributed by atoms with Gasteiger partial charge in [0, 0.05) is 9.80 Å². The molecule has 17 heavy (non-hydrogen) atoms. The molecule has 94 valence electrons. The normalized spacial score (nSPS) is 18.8. The monoisotopic (exact) mass is 360 g/mol. The third-order valence-corrected chi connectivity index (χ3v) is 5.43. The van der Waals surface area contributed by atoms with Crippen LogP contribution in [0.4, 0.5) is 0 Å². The summed E-state index contributed by atoms with van der Waals surface area (Å²) in [4.78, 5) is 0. The standard InChI is InChI=1S/C14H18Br2O/c1-14(10-15,11-2-3-11)8-9-17-13-6-4-12(16)5-7-13/h4-7,11H,2-3,8-10H2,1H3. The summed E-state index contributed by atoms with van der Waals surface area (Å²) < 4.78 is 6.89. The van der Waals surface area contributed by atoms with Crippen LogP contribution in [-0.4, -0.2) is 11.9 Å². The first-order chi connectivity index (χ1) is 8.14. The van der Waals surface area contributed by atoms with Crippen molar-refractivity contribution in [2.75, 3.05) is 11.9 Å². The molecule has 0 aromatic heterocycles. The number of halogens is 2. The van der Waals surface area contributed by atoms with E-state index in [9.17, 15) is 0 Å². The molecule has 1 aliphatic rings. The van der Waals surface area contributed by atoms with Gasteiger partial charge in [-0.1, -0.05) is 38.8 Å². The number of rotatable bonds is 6. The molecule has 1 saturated carbocycles. The molecule has 0 bridgehead atoms. The highest BCUT2D eigenvalue weighted by molar-refractivity contribution is 9.10. The van der Waals surface area contributed by atoms with Gasteiger partial charge in [0.15, 0.2) is 0 Å². The van der Waals surface area contributed by atoms with Gasteiger partial charge in [-0.15, -0.1) is 0 Å². The molecule has 0 aliphatic heterocycles. The predicted octanol–water partition coefficient (Wildman–Crippen LogP) is 5.03. The topological polar surface area (TPSA) is 9.23 Å². The lowest BCUT2D eigenvalue weighted by Crippen LogP contribution is -2.24. The van der Waals surface area contributed by atoms with Gasteiger partial charge in [-0.25, -0.2) is 0 Å². The molecule has 0 spiro atoms. The molecule has 1 aromatic rings. The number of alkyl halides is 1. The summed E-state index contributed by atoms with van der Waals surface area (Å²) in [5.41, 5.74) is 0.412. The highest BCUT2D eigenvalue weighted by atomic mass is 79.9. The van der Waals surface area contributed by atoms with Crippen LogP contribution in [0.3, 0.4) is 0 Å². The Hall–Kier alpha value is -0.0200. The zero-order valence-corrected chi connectivity index (χ0v) is 13.3. The summed E-state index contributed by atoms with van der Waals surface area (Å²) in [5, 5.41) is 1.08. The molecule has 1 unspecified atom stereocenters. The van der Waals surface area contributed by atoms with E-state index < -0.39 is 0 Å². The number of hydrogen-bond acceptors (Lipinski definition) is 1. The number of ether oxygens (including phenoxy) is 1. The molecule has 1 aromatic carbocycles. The van der Waals surface area contributed by atoms with Crippen molar-refractivity contribution in [1.29, 1.82) is 0 Å². The van der Waals surface area contributed by atoms with Gasteiger partial charge in [0.1, 0.15) is 5.75 Å². The van der Waals surface area contributed by atoms with Gasteiger partial charge in [0.2, 0.25) is 0 Å². The van der Waals surface area contributed by atoms with Crippen LogP contribution in [0.1, 0.15) is 26.2 Å². The summed E-state index contributed by atoms with van der Waals surface area (Å²) in [5.74, 6) is 1.86. The highest BCUT2D eigenvalue weighted by Crippen LogP contribution is 2.48. The molecular weight excluding hydrogens is 344 g/mol. The first-order valence-electron chi connectivity index (χ1n) is 6.08. The Morgan fingerprint density at radius 3 is 2.47 bits per heavy atom. The van der Waals surface area contributed by atoms with E-state index in [1.54, 1.807) is 0 Å². The van der Waals surface area contributed by atoms with Gasteiger partial charge in [-0.3, -0.25) is 0 Å². The van der Waals surface area contributed by atoms with Crippen molar-refractivity contribution in [2.24, 2.45) is 11.3 Å². The third kappa shape index (κ3) is 3.72. The van der Waals surface area contributed by atoms with Crippen LogP contribution >= 0.6 is 31.9 Å². The van der Waals surface area contributed by atoms with E-state index in [0.29, 0.717) is 5.41 Å². The van der Waals surface area contributed by atoms with E-state index in [1.807, 2.05) is 24.3 Å². The minimum absolute atomic E-state index is 0.412.